The molecule has 1 aromatic carbocycles. The van der Waals surface area contributed by atoms with Gasteiger partial charge >= 0.3 is 0 Å². The van der Waals surface area contributed by atoms with Gasteiger partial charge in [-0.15, -0.1) is 0 Å². The molecule has 1 atom stereocenters. The Kier molecular flexibility index (Phi) is 4.66. The quantitative estimate of drug-likeness (QED) is 0.772. The highest BCUT2D eigenvalue weighted by atomic mass is 79.9. The first-order chi connectivity index (χ1) is 7.41. The number of ketones is 1. The fraction of sp³-hybridized carbons (Fsp3) is 0.462. The van der Waals surface area contributed by atoms with E-state index in [1.807, 2.05) is 13.8 Å². The van der Waals surface area contributed by atoms with Crippen LogP contribution in [-0.2, 0) is 11.2 Å². The van der Waals surface area contributed by atoms with Crippen LogP contribution in [0.15, 0.2) is 18.2 Å². The van der Waals surface area contributed by atoms with Crippen molar-refractivity contribution in [1.82, 2.24) is 0 Å². The van der Waals surface area contributed by atoms with Crippen LogP contribution in [-0.4, -0.2) is 10.6 Å². The van der Waals surface area contributed by atoms with E-state index < -0.39 is 0 Å². The van der Waals surface area contributed by atoms with E-state index >= 15 is 0 Å². The maximum absolute atomic E-state index is 13.0. The van der Waals surface area contributed by atoms with Crippen molar-refractivity contribution in [2.75, 3.05) is 0 Å². The van der Waals surface area contributed by atoms with Crippen LogP contribution in [0.5, 0.6) is 0 Å². The van der Waals surface area contributed by atoms with Gasteiger partial charge in [0.05, 0.1) is 4.83 Å². The number of alkyl halides is 1. The van der Waals surface area contributed by atoms with Gasteiger partial charge < -0.3 is 0 Å². The van der Waals surface area contributed by atoms with E-state index in [-0.39, 0.29) is 22.3 Å². The standard InChI is InChI=1S/C13H16BrFO/c1-8(2)13(16)11(14)7-10-4-5-12(15)9(3)6-10/h4-6,8,11H,7H2,1-3H3. The number of hydrogen-bond donors (Lipinski definition) is 0. The molecule has 0 spiro atoms. The first-order valence-corrected chi connectivity index (χ1v) is 6.26. The summed E-state index contributed by atoms with van der Waals surface area (Å²) >= 11 is 3.38. The molecule has 1 unspecified atom stereocenters. The molecule has 88 valence electrons. The number of halogens is 2. The van der Waals surface area contributed by atoms with Crippen LogP contribution in [0, 0.1) is 18.7 Å². The predicted octanol–water partition coefficient (Wildman–Crippen LogP) is 3.67. The Labute approximate surface area is 104 Å². The van der Waals surface area contributed by atoms with E-state index in [1.54, 1.807) is 19.1 Å². The number of rotatable bonds is 4. The van der Waals surface area contributed by atoms with Crippen molar-refractivity contribution in [3.05, 3.63) is 35.1 Å². The fourth-order valence-corrected chi connectivity index (χ4v) is 2.41. The number of hydrogen-bond acceptors (Lipinski definition) is 1. The summed E-state index contributed by atoms with van der Waals surface area (Å²) in [6.45, 7) is 5.49. The van der Waals surface area contributed by atoms with Gasteiger partial charge in [-0.25, -0.2) is 4.39 Å². The zero-order valence-electron chi connectivity index (χ0n) is 9.76. The Balaban J connectivity index is 2.73. The zero-order chi connectivity index (χ0) is 12.3. The number of benzene rings is 1. The maximum atomic E-state index is 13.0. The summed E-state index contributed by atoms with van der Waals surface area (Å²) in [6, 6.07) is 4.96. The number of aryl methyl sites for hydroxylation is 1. The number of carbonyl (C=O) groups excluding carboxylic acids is 1. The first-order valence-electron chi connectivity index (χ1n) is 5.34. The Morgan fingerprint density at radius 2 is 2.06 bits per heavy atom. The van der Waals surface area contributed by atoms with Gasteiger partial charge in [0.2, 0.25) is 0 Å². The second kappa shape index (κ2) is 5.58. The average Bonchev–Trinajstić information content (AvgIpc) is 2.22. The molecule has 1 nitrogen and oxygen atoms in total. The highest BCUT2D eigenvalue weighted by Gasteiger charge is 2.18. The van der Waals surface area contributed by atoms with Crippen LogP contribution in [0.25, 0.3) is 0 Å². The molecule has 0 saturated heterocycles. The van der Waals surface area contributed by atoms with Gasteiger partial charge in [-0.3, -0.25) is 4.79 Å². The minimum atomic E-state index is -0.204. The minimum Gasteiger partial charge on any atom is -0.298 e. The van der Waals surface area contributed by atoms with E-state index in [4.69, 9.17) is 0 Å². The normalized spacial score (nSPS) is 12.9. The minimum absolute atomic E-state index is 0.0194. The number of carbonyl (C=O) groups is 1. The number of Topliss-reactive ketones (excluding diaryl/α,β-unsaturated/α-hetero) is 1. The molecule has 0 aliphatic carbocycles. The fourth-order valence-electron chi connectivity index (χ4n) is 1.50. The predicted molar refractivity (Wildman–Crippen MR) is 67.4 cm³/mol. The summed E-state index contributed by atoms with van der Waals surface area (Å²) < 4.78 is 13.0. The van der Waals surface area contributed by atoms with Crippen LogP contribution >= 0.6 is 15.9 Å². The van der Waals surface area contributed by atoms with Gasteiger partial charge in [-0.2, -0.15) is 0 Å². The van der Waals surface area contributed by atoms with Gasteiger partial charge in [0, 0.05) is 5.92 Å². The Hall–Kier alpha value is -0.700. The summed E-state index contributed by atoms with van der Waals surface area (Å²) in [4.78, 5) is 11.5. The van der Waals surface area contributed by atoms with Gasteiger partial charge in [-0.05, 0) is 30.5 Å². The Morgan fingerprint density at radius 3 is 2.56 bits per heavy atom. The summed E-state index contributed by atoms with van der Waals surface area (Å²) in [6.07, 6.45) is 0.609. The highest BCUT2D eigenvalue weighted by Crippen LogP contribution is 2.17. The molecular weight excluding hydrogens is 271 g/mol. The van der Waals surface area contributed by atoms with Gasteiger partial charge in [0.15, 0.2) is 0 Å². The largest absolute Gasteiger partial charge is 0.298 e. The smallest absolute Gasteiger partial charge is 0.149 e. The monoisotopic (exact) mass is 286 g/mol. The molecule has 0 aromatic heterocycles. The molecule has 0 radical (unpaired) electrons. The second-order valence-corrected chi connectivity index (χ2v) is 5.42. The summed E-state index contributed by atoms with van der Waals surface area (Å²) in [5, 5.41) is 0. The summed E-state index contributed by atoms with van der Waals surface area (Å²) in [5.41, 5.74) is 1.60. The van der Waals surface area contributed by atoms with Crippen molar-refractivity contribution in [2.24, 2.45) is 5.92 Å². The highest BCUT2D eigenvalue weighted by molar-refractivity contribution is 9.10. The van der Waals surface area contributed by atoms with Crippen LogP contribution in [0.2, 0.25) is 0 Å². The molecule has 0 heterocycles. The van der Waals surface area contributed by atoms with Crippen molar-refractivity contribution in [3.8, 4) is 0 Å². The summed E-state index contributed by atoms with van der Waals surface area (Å²) in [5.74, 6) is -0.00189. The third kappa shape index (κ3) is 3.41. The Bertz CT molecular complexity index is 388. The van der Waals surface area contributed by atoms with Crippen molar-refractivity contribution < 1.29 is 9.18 Å². The molecule has 16 heavy (non-hydrogen) atoms. The lowest BCUT2D eigenvalue weighted by Crippen LogP contribution is -2.21. The molecule has 0 fully saturated rings. The summed E-state index contributed by atoms with van der Waals surface area (Å²) in [7, 11) is 0. The second-order valence-electron chi connectivity index (χ2n) is 4.31. The van der Waals surface area contributed by atoms with E-state index in [0.29, 0.717) is 12.0 Å². The van der Waals surface area contributed by atoms with Crippen LogP contribution in [0.4, 0.5) is 4.39 Å². The maximum Gasteiger partial charge on any atom is 0.149 e. The molecule has 0 amide bonds. The van der Waals surface area contributed by atoms with Crippen molar-refractivity contribution in [2.45, 2.75) is 32.0 Å². The van der Waals surface area contributed by atoms with E-state index in [1.165, 1.54) is 6.07 Å². The molecule has 1 rings (SSSR count). The lowest BCUT2D eigenvalue weighted by molar-refractivity contribution is -0.121. The van der Waals surface area contributed by atoms with Crippen molar-refractivity contribution >= 4 is 21.7 Å². The van der Waals surface area contributed by atoms with Crippen molar-refractivity contribution in [1.29, 1.82) is 0 Å². The van der Waals surface area contributed by atoms with E-state index in [2.05, 4.69) is 15.9 Å². The van der Waals surface area contributed by atoms with Crippen LogP contribution in [0.3, 0.4) is 0 Å². The molecule has 0 bridgehead atoms. The molecule has 3 heteroatoms. The lowest BCUT2D eigenvalue weighted by Gasteiger charge is -2.12. The van der Waals surface area contributed by atoms with E-state index in [9.17, 15) is 9.18 Å². The SMILES string of the molecule is Cc1cc(CC(Br)C(=O)C(C)C)ccc1F. The topological polar surface area (TPSA) is 17.1 Å². The zero-order valence-corrected chi connectivity index (χ0v) is 11.3. The third-order valence-corrected chi connectivity index (χ3v) is 3.29. The third-order valence-electron chi connectivity index (χ3n) is 2.52. The first kappa shape index (κ1) is 13.4. The average molecular weight is 287 g/mol. The van der Waals surface area contributed by atoms with Gasteiger partial charge in [-0.1, -0.05) is 41.9 Å². The van der Waals surface area contributed by atoms with Gasteiger partial charge in [0.1, 0.15) is 11.6 Å². The van der Waals surface area contributed by atoms with E-state index in [0.717, 1.165) is 5.56 Å². The molecule has 0 N–H and O–H groups in total. The molecule has 1 aromatic rings. The van der Waals surface area contributed by atoms with Crippen LogP contribution in [0.1, 0.15) is 25.0 Å². The molecule has 0 saturated carbocycles. The molecule has 0 aliphatic heterocycles. The molecular formula is C13H16BrFO. The lowest BCUT2D eigenvalue weighted by atomic mass is 10.00. The Morgan fingerprint density at radius 1 is 1.44 bits per heavy atom. The van der Waals surface area contributed by atoms with Gasteiger partial charge in [0.25, 0.3) is 0 Å². The van der Waals surface area contributed by atoms with Crippen molar-refractivity contribution in [3.63, 3.8) is 0 Å². The van der Waals surface area contributed by atoms with Crippen LogP contribution < -0.4 is 0 Å². The molecule has 0 aliphatic rings.